The Morgan fingerprint density at radius 3 is 2.30 bits per heavy atom. The molecule has 1 nitrogen and oxygen atoms in total. The topological polar surface area (TPSA) is 17.1 Å². The first-order chi connectivity index (χ1) is 4.63. The highest BCUT2D eigenvalue weighted by molar-refractivity contribution is 5.87. The van der Waals surface area contributed by atoms with Gasteiger partial charge < -0.3 is 0 Å². The van der Waals surface area contributed by atoms with Crippen molar-refractivity contribution in [2.75, 3.05) is 0 Å². The molecule has 0 radical (unpaired) electrons. The van der Waals surface area contributed by atoms with Gasteiger partial charge in [0.15, 0.2) is 5.78 Å². The van der Waals surface area contributed by atoms with E-state index < -0.39 is 0 Å². The SMILES string of the molecule is CC(=O)/C=C\C=C/C(C)C. The van der Waals surface area contributed by atoms with E-state index in [0.29, 0.717) is 5.92 Å². The average molecular weight is 138 g/mol. The van der Waals surface area contributed by atoms with E-state index in [1.165, 1.54) is 0 Å². The molecule has 0 fully saturated rings. The van der Waals surface area contributed by atoms with Gasteiger partial charge in [0.05, 0.1) is 0 Å². The van der Waals surface area contributed by atoms with E-state index in [9.17, 15) is 4.79 Å². The van der Waals surface area contributed by atoms with E-state index in [2.05, 4.69) is 13.8 Å². The van der Waals surface area contributed by atoms with Crippen LogP contribution in [0.5, 0.6) is 0 Å². The van der Waals surface area contributed by atoms with Crippen molar-refractivity contribution in [3.63, 3.8) is 0 Å². The molecule has 0 bridgehead atoms. The molecule has 0 saturated carbocycles. The smallest absolute Gasteiger partial charge is 0.152 e. The fourth-order valence-electron chi connectivity index (χ4n) is 0.477. The molecule has 1 heteroatoms. The van der Waals surface area contributed by atoms with E-state index in [0.717, 1.165) is 0 Å². The molecule has 0 N–H and O–H groups in total. The van der Waals surface area contributed by atoms with Crippen LogP contribution in [0.2, 0.25) is 0 Å². The van der Waals surface area contributed by atoms with Crippen LogP contribution >= 0.6 is 0 Å². The maximum absolute atomic E-state index is 10.4. The largest absolute Gasteiger partial charge is 0.295 e. The van der Waals surface area contributed by atoms with Crippen LogP contribution in [-0.2, 0) is 4.79 Å². The van der Waals surface area contributed by atoms with Gasteiger partial charge in [-0.15, -0.1) is 0 Å². The van der Waals surface area contributed by atoms with Gasteiger partial charge >= 0.3 is 0 Å². The lowest BCUT2D eigenvalue weighted by molar-refractivity contribution is -0.112. The highest BCUT2D eigenvalue weighted by Crippen LogP contribution is 1.92. The normalized spacial score (nSPS) is 12.0. The Morgan fingerprint density at radius 1 is 1.30 bits per heavy atom. The summed E-state index contributed by atoms with van der Waals surface area (Å²) in [5.41, 5.74) is 0. The van der Waals surface area contributed by atoms with Gasteiger partial charge in [-0.05, 0) is 18.9 Å². The summed E-state index contributed by atoms with van der Waals surface area (Å²) in [6, 6.07) is 0. The molecule has 0 aliphatic carbocycles. The van der Waals surface area contributed by atoms with E-state index in [1.807, 2.05) is 12.2 Å². The van der Waals surface area contributed by atoms with Crippen molar-refractivity contribution in [3.8, 4) is 0 Å². The summed E-state index contributed by atoms with van der Waals surface area (Å²) >= 11 is 0. The molecule has 0 aliphatic heterocycles. The van der Waals surface area contributed by atoms with Crippen LogP contribution in [0.25, 0.3) is 0 Å². The molecule has 0 amide bonds. The lowest BCUT2D eigenvalue weighted by Crippen LogP contribution is -1.79. The Labute approximate surface area is 62.4 Å². The summed E-state index contributed by atoms with van der Waals surface area (Å²) in [6.07, 6.45) is 7.26. The quantitative estimate of drug-likeness (QED) is 0.432. The second-order valence-electron chi connectivity index (χ2n) is 2.60. The standard InChI is InChI=1S/C9H14O/c1-8(2)6-4-5-7-9(3)10/h4-8H,1-3H3/b6-4-,7-5-. The van der Waals surface area contributed by atoms with Crippen LogP contribution in [0, 0.1) is 5.92 Å². The van der Waals surface area contributed by atoms with Gasteiger partial charge in [0.1, 0.15) is 0 Å². The molecule has 0 atom stereocenters. The van der Waals surface area contributed by atoms with Crippen molar-refractivity contribution in [2.45, 2.75) is 20.8 Å². The molecular weight excluding hydrogens is 124 g/mol. The van der Waals surface area contributed by atoms with Crippen molar-refractivity contribution in [1.29, 1.82) is 0 Å². The maximum atomic E-state index is 10.4. The Balaban J connectivity index is 3.62. The third kappa shape index (κ3) is 7.15. The fourth-order valence-corrected chi connectivity index (χ4v) is 0.477. The predicted octanol–water partition coefficient (Wildman–Crippen LogP) is 2.34. The van der Waals surface area contributed by atoms with Gasteiger partial charge in [0, 0.05) is 0 Å². The van der Waals surface area contributed by atoms with Crippen molar-refractivity contribution in [1.82, 2.24) is 0 Å². The monoisotopic (exact) mass is 138 g/mol. The Kier molecular flexibility index (Phi) is 4.55. The lowest BCUT2D eigenvalue weighted by atomic mass is 10.2. The average Bonchev–Trinajstić information content (AvgIpc) is 1.79. The summed E-state index contributed by atoms with van der Waals surface area (Å²) in [5, 5.41) is 0. The van der Waals surface area contributed by atoms with Crippen LogP contribution < -0.4 is 0 Å². The van der Waals surface area contributed by atoms with Gasteiger partial charge in [-0.25, -0.2) is 0 Å². The van der Waals surface area contributed by atoms with Gasteiger partial charge in [-0.1, -0.05) is 32.1 Å². The van der Waals surface area contributed by atoms with Crippen LogP contribution in [0.4, 0.5) is 0 Å². The molecule has 0 rings (SSSR count). The Morgan fingerprint density at radius 2 is 1.90 bits per heavy atom. The fraction of sp³-hybridized carbons (Fsp3) is 0.444. The van der Waals surface area contributed by atoms with Crippen LogP contribution in [-0.4, -0.2) is 5.78 Å². The number of ketones is 1. The van der Waals surface area contributed by atoms with Crippen molar-refractivity contribution < 1.29 is 4.79 Å². The minimum absolute atomic E-state index is 0.0911. The summed E-state index contributed by atoms with van der Waals surface area (Å²) in [7, 11) is 0. The number of rotatable bonds is 3. The van der Waals surface area contributed by atoms with E-state index in [4.69, 9.17) is 0 Å². The number of carbonyl (C=O) groups is 1. The summed E-state index contributed by atoms with van der Waals surface area (Å²) in [5.74, 6) is 0.644. The molecule has 0 spiro atoms. The minimum atomic E-state index is 0.0911. The third-order valence-corrected chi connectivity index (χ3v) is 0.938. The Bertz CT molecular complexity index is 152. The molecule has 0 aromatic carbocycles. The second kappa shape index (κ2) is 4.98. The first-order valence-electron chi connectivity index (χ1n) is 3.48. The zero-order valence-corrected chi connectivity index (χ0v) is 6.79. The summed E-state index contributed by atoms with van der Waals surface area (Å²) < 4.78 is 0. The van der Waals surface area contributed by atoms with Crippen molar-refractivity contribution in [2.24, 2.45) is 5.92 Å². The number of carbonyl (C=O) groups excluding carboxylic acids is 1. The molecule has 0 unspecified atom stereocenters. The lowest BCUT2D eigenvalue weighted by Gasteiger charge is -1.88. The van der Waals surface area contributed by atoms with Crippen LogP contribution in [0.3, 0.4) is 0 Å². The second-order valence-corrected chi connectivity index (χ2v) is 2.60. The van der Waals surface area contributed by atoms with E-state index in [-0.39, 0.29) is 5.78 Å². The molecular formula is C9H14O. The highest BCUT2D eigenvalue weighted by atomic mass is 16.1. The Hall–Kier alpha value is -0.850. The number of hydrogen-bond acceptors (Lipinski definition) is 1. The maximum Gasteiger partial charge on any atom is 0.152 e. The zero-order valence-electron chi connectivity index (χ0n) is 6.79. The molecule has 0 aromatic rings. The molecule has 0 saturated heterocycles. The van der Waals surface area contributed by atoms with Crippen molar-refractivity contribution in [3.05, 3.63) is 24.3 Å². The predicted molar refractivity (Wildman–Crippen MR) is 43.8 cm³/mol. The van der Waals surface area contributed by atoms with Gasteiger partial charge in [0.25, 0.3) is 0 Å². The van der Waals surface area contributed by atoms with Gasteiger partial charge in [-0.3, -0.25) is 4.79 Å². The summed E-state index contributed by atoms with van der Waals surface area (Å²) in [6.45, 7) is 5.73. The van der Waals surface area contributed by atoms with Crippen LogP contribution in [0.1, 0.15) is 20.8 Å². The molecule has 56 valence electrons. The molecule has 0 aliphatic rings. The summed E-state index contributed by atoms with van der Waals surface area (Å²) in [4.78, 5) is 10.4. The molecule has 10 heavy (non-hydrogen) atoms. The van der Waals surface area contributed by atoms with Gasteiger partial charge in [0.2, 0.25) is 0 Å². The number of allylic oxidation sites excluding steroid dienone is 4. The highest BCUT2D eigenvalue weighted by Gasteiger charge is 1.80. The number of hydrogen-bond donors (Lipinski definition) is 0. The first kappa shape index (κ1) is 9.15. The van der Waals surface area contributed by atoms with E-state index >= 15 is 0 Å². The molecule has 0 aromatic heterocycles. The van der Waals surface area contributed by atoms with E-state index in [1.54, 1.807) is 19.1 Å². The minimum Gasteiger partial charge on any atom is -0.295 e. The molecule has 0 heterocycles. The van der Waals surface area contributed by atoms with Crippen LogP contribution in [0.15, 0.2) is 24.3 Å². The zero-order chi connectivity index (χ0) is 7.98. The van der Waals surface area contributed by atoms with Gasteiger partial charge in [-0.2, -0.15) is 0 Å². The van der Waals surface area contributed by atoms with Crippen molar-refractivity contribution >= 4 is 5.78 Å². The third-order valence-electron chi connectivity index (χ3n) is 0.938. The first-order valence-corrected chi connectivity index (χ1v) is 3.48.